The third-order valence-electron chi connectivity index (χ3n) is 6.91. The van der Waals surface area contributed by atoms with Crippen molar-refractivity contribution in [3.63, 3.8) is 0 Å². The van der Waals surface area contributed by atoms with Gasteiger partial charge in [-0.25, -0.2) is 4.98 Å². The van der Waals surface area contributed by atoms with Gasteiger partial charge in [-0.05, 0) is 36.6 Å². The highest BCUT2D eigenvalue weighted by molar-refractivity contribution is 5.94. The summed E-state index contributed by atoms with van der Waals surface area (Å²) in [7, 11) is 0. The molecule has 0 spiro atoms. The van der Waals surface area contributed by atoms with Crippen molar-refractivity contribution < 1.29 is 9.59 Å². The first-order valence-electron chi connectivity index (χ1n) is 11.8. The highest BCUT2D eigenvalue weighted by Crippen LogP contribution is 2.36. The molecule has 0 aliphatic carbocycles. The number of carbonyl (C=O) groups is 2. The molecular weight excluding hydrogens is 430 g/mol. The molecule has 0 radical (unpaired) electrons. The molecule has 2 aromatic carbocycles. The van der Waals surface area contributed by atoms with E-state index in [1.165, 1.54) is 0 Å². The monoisotopic (exact) mass is 455 g/mol. The summed E-state index contributed by atoms with van der Waals surface area (Å²) in [5, 5.41) is 4.65. The molecule has 2 aromatic heterocycles. The first kappa shape index (κ1) is 20.7. The second-order valence-corrected chi connectivity index (χ2v) is 8.92. The zero-order chi connectivity index (χ0) is 23.2. The van der Waals surface area contributed by atoms with Crippen molar-refractivity contribution in [2.24, 2.45) is 0 Å². The van der Waals surface area contributed by atoms with Crippen molar-refractivity contribution in [2.45, 2.75) is 32.4 Å². The van der Waals surface area contributed by atoms with Gasteiger partial charge in [0.25, 0.3) is 5.56 Å². The van der Waals surface area contributed by atoms with Gasteiger partial charge in [0.05, 0.1) is 16.6 Å². The van der Waals surface area contributed by atoms with E-state index in [1.54, 1.807) is 9.47 Å². The maximum absolute atomic E-state index is 13.2. The van der Waals surface area contributed by atoms with E-state index in [2.05, 4.69) is 11.4 Å². The fourth-order valence-corrected chi connectivity index (χ4v) is 5.30. The van der Waals surface area contributed by atoms with E-state index in [0.29, 0.717) is 49.2 Å². The molecule has 0 saturated carbocycles. The third-order valence-corrected chi connectivity index (χ3v) is 6.91. The van der Waals surface area contributed by atoms with E-state index in [1.807, 2.05) is 47.0 Å². The van der Waals surface area contributed by atoms with Crippen molar-refractivity contribution in [1.29, 1.82) is 0 Å². The number of rotatable bonds is 5. The lowest BCUT2D eigenvalue weighted by Gasteiger charge is -2.21. The minimum Gasteiger partial charge on any atom is -0.353 e. The van der Waals surface area contributed by atoms with Crippen LogP contribution in [0, 0.1) is 0 Å². The summed E-state index contributed by atoms with van der Waals surface area (Å²) >= 11 is 0. The highest BCUT2D eigenvalue weighted by atomic mass is 16.2. The van der Waals surface area contributed by atoms with E-state index >= 15 is 0 Å². The van der Waals surface area contributed by atoms with Gasteiger partial charge in [-0.15, -0.1) is 0 Å². The van der Waals surface area contributed by atoms with Crippen LogP contribution in [0.5, 0.6) is 0 Å². The smallest absolute Gasteiger partial charge is 0.261 e. The maximum Gasteiger partial charge on any atom is 0.261 e. The predicted molar refractivity (Wildman–Crippen MR) is 129 cm³/mol. The lowest BCUT2D eigenvalue weighted by Crippen LogP contribution is -2.37. The molecule has 1 fully saturated rings. The number of hydrogen-bond donors (Lipinski definition) is 1. The number of carbonyl (C=O) groups excluding carboxylic acids is 2. The van der Waals surface area contributed by atoms with Gasteiger partial charge in [-0.2, -0.15) is 0 Å². The van der Waals surface area contributed by atoms with Crippen LogP contribution in [0.1, 0.15) is 18.4 Å². The van der Waals surface area contributed by atoms with Gasteiger partial charge in [0.15, 0.2) is 5.82 Å². The maximum atomic E-state index is 13.2. The van der Waals surface area contributed by atoms with Crippen LogP contribution in [0.3, 0.4) is 0 Å². The zero-order valence-electron chi connectivity index (χ0n) is 18.8. The number of benzene rings is 2. The van der Waals surface area contributed by atoms with Crippen molar-refractivity contribution in [3.8, 4) is 11.5 Å². The number of amides is 2. The van der Waals surface area contributed by atoms with Crippen LogP contribution in [0.4, 0.5) is 0 Å². The summed E-state index contributed by atoms with van der Waals surface area (Å²) in [4.78, 5) is 44.7. The number of likely N-dealkylation sites (tertiary alicyclic amines) is 1. The first-order valence-corrected chi connectivity index (χ1v) is 11.8. The van der Waals surface area contributed by atoms with Crippen LogP contribution < -0.4 is 10.9 Å². The first-order chi connectivity index (χ1) is 16.6. The van der Waals surface area contributed by atoms with Crippen molar-refractivity contribution in [3.05, 3.63) is 64.4 Å². The van der Waals surface area contributed by atoms with E-state index in [9.17, 15) is 14.4 Å². The fraction of sp³-hybridized carbons (Fsp3) is 0.308. The molecule has 2 aliphatic heterocycles. The predicted octanol–water partition coefficient (Wildman–Crippen LogP) is 2.31. The van der Waals surface area contributed by atoms with Gasteiger partial charge in [0, 0.05) is 43.5 Å². The van der Waals surface area contributed by atoms with Crippen molar-refractivity contribution >= 4 is 33.6 Å². The van der Waals surface area contributed by atoms with Crippen LogP contribution in [0.15, 0.2) is 53.3 Å². The van der Waals surface area contributed by atoms with Crippen molar-refractivity contribution in [1.82, 2.24) is 24.3 Å². The lowest BCUT2D eigenvalue weighted by atomic mass is 10.0. The SMILES string of the molecule is O=C(Cn1c2c(c3ccccc31)CCn1c-2nc2ccccc2c1=O)NCCN1CCCC1=O. The van der Waals surface area contributed by atoms with E-state index in [0.717, 1.165) is 35.1 Å². The highest BCUT2D eigenvalue weighted by Gasteiger charge is 2.28. The van der Waals surface area contributed by atoms with Gasteiger partial charge in [0.2, 0.25) is 11.8 Å². The van der Waals surface area contributed by atoms with E-state index in [4.69, 9.17) is 4.98 Å². The molecule has 0 atom stereocenters. The molecule has 4 heterocycles. The molecule has 0 unspecified atom stereocenters. The van der Waals surface area contributed by atoms with Gasteiger partial charge < -0.3 is 14.8 Å². The Balaban J connectivity index is 1.38. The number of nitrogens with zero attached hydrogens (tertiary/aromatic N) is 4. The standard InChI is InChI=1S/C26H25N5O3/c32-22(27-12-15-29-13-5-10-23(29)33)16-31-21-9-4-2-6-17(21)18-11-14-30-25(24(18)31)28-20-8-3-1-7-19(20)26(30)34/h1-4,6-9H,5,10-16H2,(H,27,32). The van der Waals surface area contributed by atoms with Gasteiger partial charge >= 0.3 is 0 Å². The fourth-order valence-electron chi connectivity index (χ4n) is 5.30. The summed E-state index contributed by atoms with van der Waals surface area (Å²) < 4.78 is 3.71. The Bertz CT molecular complexity index is 1520. The normalized spacial score (nSPS) is 15.1. The Hall–Kier alpha value is -3.94. The molecular formula is C26H25N5O3. The average Bonchev–Trinajstić information content (AvgIpc) is 3.40. The second-order valence-electron chi connectivity index (χ2n) is 8.92. The van der Waals surface area contributed by atoms with Gasteiger partial charge in [0.1, 0.15) is 6.54 Å². The minimum absolute atomic E-state index is 0.0530. The van der Waals surface area contributed by atoms with Crippen molar-refractivity contribution in [2.75, 3.05) is 19.6 Å². The molecule has 2 aliphatic rings. The quantitative estimate of drug-likeness (QED) is 0.500. The Morgan fingerprint density at radius 3 is 2.59 bits per heavy atom. The summed E-state index contributed by atoms with van der Waals surface area (Å²) in [6.45, 7) is 2.39. The summed E-state index contributed by atoms with van der Waals surface area (Å²) in [6, 6.07) is 15.4. The molecule has 172 valence electrons. The Labute approximate surface area is 195 Å². The van der Waals surface area contributed by atoms with Gasteiger partial charge in [-0.1, -0.05) is 30.3 Å². The van der Waals surface area contributed by atoms with Crippen LogP contribution in [-0.4, -0.2) is 50.5 Å². The number of hydrogen-bond acceptors (Lipinski definition) is 4. The molecule has 2 amide bonds. The van der Waals surface area contributed by atoms with Gasteiger partial charge in [-0.3, -0.25) is 19.0 Å². The lowest BCUT2D eigenvalue weighted by molar-refractivity contribution is -0.128. The number of aromatic nitrogens is 3. The molecule has 6 rings (SSSR count). The molecule has 0 bridgehead atoms. The topological polar surface area (TPSA) is 89.2 Å². The van der Waals surface area contributed by atoms with Crippen LogP contribution >= 0.6 is 0 Å². The van der Waals surface area contributed by atoms with E-state index in [-0.39, 0.29) is 23.9 Å². The molecule has 34 heavy (non-hydrogen) atoms. The molecule has 8 heteroatoms. The zero-order valence-corrected chi connectivity index (χ0v) is 18.8. The largest absolute Gasteiger partial charge is 0.353 e. The molecule has 8 nitrogen and oxygen atoms in total. The number of para-hydroxylation sites is 2. The Morgan fingerprint density at radius 1 is 0.971 bits per heavy atom. The summed E-state index contributed by atoms with van der Waals surface area (Å²) in [5.74, 6) is 0.632. The number of aryl methyl sites for hydroxylation is 1. The molecule has 1 N–H and O–H groups in total. The Morgan fingerprint density at radius 2 is 1.76 bits per heavy atom. The average molecular weight is 456 g/mol. The number of fused-ring (bicyclic) bond motifs is 6. The Kier molecular flexibility index (Phi) is 4.94. The second kappa shape index (κ2) is 8.13. The summed E-state index contributed by atoms with van der Waals surface area (Å²) in [6.07, 6.45) is 2.18. The van der Waals surface area contributed by atoms with E-state index < -0.39 is 0 Å². The third kappa shape index (κ3) is 3.29. The minimum atomic E-state index is -0.129. The van der Waals surface area contributed by atoms with Crippen LogP contribution in [0.2, 0.25) is 0 Å². The molecule has 1 saturated heterocycles. The molecule has 4 aromatic rings. The van der Waals surface area contributed by atoms with Crippen LogP contribution in [-0.2, 0) is 29.1 Å². The van der Waals surface area contributed by atoms with Crippen LogP contribution in [0.25, 0.3) is 33.3 Å². The summed E-state index contributed by atoms with van der Waals surface area (Å²) in [5.41, 5.74) is 3.51. The number of nitrogens with one attached hydrogen (secondary N) is 1.